The Morgan fingerprint density at radius 3 is 2.80 bits per heavy atom. The second-order valence-corrected chi connectivity index (χ2v) is 5.83. The maximum atomic E-state index is 11.0. The topological polar surface area (TPSA) is 61.5 Å². The molecule has 0 aromatic heterocycles. The predicted octanol–water partition coefficient (Wildman–Crippen LogP) is 2.42. The number of benzene rings is 1. The molecular weight excluding hydrogens is 254 g/mol. The molecule has 0 saturated heterocycles. The fourth-order valence-electron chi connectivity index (χ4n) is 3.40. The molecule has 1 fully saturated rings. The first-order chi connectivity index (χ1) is 9.61. The van der Waals surface area contributed by atoms with Crippen LogP contribution in [0.4, 0.5) is 0 Å². The highest BCUT2D eigenvalue weighted by atomic mass is 16.6. The second-order valence-electron chi connectivity index (χ2n) is 5.83. The van der Waals surface area contributed by atoms with E-state index >= 15 is 0 Å². The first kappa shape index (κ1) is 13.6. The van der Waals surface area contributed by atoms with Gasteiger partial charge in [0.05, 0.1) is 5.60 Å². The fraction of sp³-hybridized carbons (Fsp3) is 0.562. The van der Waals surface area contributed by atoms with Gasteiger partial charge in [0.25, 0.3) is 0 Å². The maximum absolute atomic E-state index is 11.0. The number of rotatable bonds is 2. The van der Waals surface area contributed by atoms with E-state index in [2.05, 4.69) is 12.1 Å². The van der Waals surface area contributed by atoms with Gasteiger partial charge in [-0.3, -0.25) is 4.79 Å². The third-order valence-corrected chi connectivity index (χ3v) is 4.44. The molecule has 3 rings (SSSR count). The van der Waals surface area contributed by atoms with E-state index in [1.807, 2.05) is 12.1 Å². The van der Waals surface area contributed by atoms with Crippen LogP contribution in [-0.4, -0.2) is 18.6 Å². The van der Waals surface area contributed by atoms with Gasteiger partial charge < -0.3 is 15.2 Å². The molecule has 1 aromatic rings. The first-order valence-corrected chi connectivity index (χ1v) is 7.27. The van der Waals surface area contributed by atoms with Gasteiger partial charge in [-0.1, -0.05) is 24.3 Å². The molecule has 1 spiro atoms. The minimum absolute atomic E-state index is 0.149. The van der Waals surface area contributed by atoms with E-state index < -0.39 is 0 Å². The minimum Gasteiger partial charge on any atom is -0.463 e. The minimum atomic E-state index is -0.266. The predicted molar refractivity (Wildman–Crippen MR) is 75.0 cm³/mol. The zero-order valence-electron chi connectivity index (χ0n) is 11.8. The Morgan fingerprint density at radius 1 is 1.40 bits per heavy atom. The van der Waals surface area contributed by atoms with Gasteiger partial charge in [-0.15, -0.1) is 0 Å². The summed E-state index contributed by atoms with van der Waals surface area (Å²) in [7, 11) is 0. The summed E-state index contributed by atoms with van der Waals surface area (Å²) in [6.45, 7) is 1.72. The average molecular weight is 275 g/mol. The molecule has 1 saturated carbocycles. The van der Waals surface area contributed by atoms with Crippen molar-refractivity contribution in [2.45, 2.75) is 50.4 Å². The van der Waals surface area contributed by atoms with Gasteiger partial charge in [0, 0.05) is 13.0 Å². The van der Waals surface area contributed by atoms with E-state index in [0.717, 1.165) is 31.2 Å². The van der Waals surface area contributed by atoms with Crippen molar-refractivity contribution in [1.29, 1.82) is 0 Å². The Balaban J connectivity index is 1.86. The van der Waals surface area contributed by atoms with Crippen LogP contribution < -0.4 is 5.73 Å². The van der Waals surface area contributed by atoms with Crippen molar-refractivity contribution < 1.29 is 14.3 Å². The van der Waals surface area contributed by atoms with E-state index in [1.54, 1.807) is 0 Å². The summed E-state index contributed by atoms with van der Waals surface area (Å²) in [5, 5.41) is 0. The van der Waals surface area contributed by atoms with Crippen molar-refractivity contribution in [3.05, 3.63) is 35.4 Å². The maximum Gasteiger partial charge on any atom is 0.302 e. The fourth-order valence-corrected chi connectivity index (χ4v) is 3.40. The van der Waals surface area contributed by atoms with Gasteiger partial charge in [-0.2, -0.15) is 0 Å². The summed E-state index contributed by atoms with van der Waals surface area (Å²) in [6.07, 6.45) is 3.71. The molecule has 1 aliphatic heterocycles. The Bertz CT molecular complexity index is 506. The number of nitrogens with two attached hydrogens (primary N) is 1. The average Bonchev–Trinajstić information content (AvgIpc) is 2.75. The van der Waals surface area contributed by atoms with Gasteiger partial charge in [0.2, 0.25) is 0 Å². The third kappa shape index (κ3) is 2.34. The molecule has 4 heteroatoms. The van der Waals surface area contributed by atoms with Crippen molar-refractivity contribution in [3.63, 3.8) is 0 Å². The van der Waals surface area contributed by atoms with Crippen molar-refractivity contribution in [1.82, 2.24) is 0 Å². The zero-order valence-corrected chi connectivity index (χ0v) is 11.8. The second kappa shape index (κ2) is 5.19. The Kier molecular flexibility index (Phi) is 3.52. The molecule has 0 amide bonds. The summed E-state index contributed by atoms with van der Waals surface area (Å²) in [5.74, 6) is -0.266. The van der Waals surface area contributed by atoms with Crippen LogP contribution in [0.3, 0.4) is 0 Å². The smallest absolute Gasteiger partial charge is 0.302 e. The number of fused-ring (bicyclic) bond motifs is 2. The number of carbonyl (C=O) groups is 1. The van der Waals surface area contributed by atoms with Crippen LogP contribution in [0, 0.1) is 0 Å². The first-order valence-electron chi connectivity index (χ1n) is 7.27. The van der Waals surface area contributed by atoms with Crippen LogP contribution in [-0.2, 0) is 19.9 Å². The molecule has 2 N–H and O–H groups in total. The summed E-state index contributed by atoms with van der Waals surface area (Å²) < 4.78 is 11.5. The number of esters is 1. The molecule has 1 aliphatic carbocycles. The van der Waals surface area contributed by atoms with Crippen LogP contribution in [0.15, 0.2) is 24.3 Å². The number of carbonyl (C=O) groups excluding carboxylic acids is 1. The standard InChI is InChI=1S/C16H21NO3/c1-11(18)19-10-15-13-4-2-3-5-14(13)16(20-15)8-6-12(17)7-9-16/h2-5,12,15H,6-10,17H2,1H3. The highest BCUT2D eigenvalue weighted by Gasteiger charge is 2.46. The molecule has 108 valence electrons. The van der Waals surface area contributed by atoms with E-state index in [4.69, 9.17) is 15.2 Å². The van der Waals surface area contributed by atoms with E-state index in [-0.39, 0.29) is 23.7 Å². The summed E-state index contributed by atoms with van der Waals surface area (Å²) in [4.78, 5) is 11.0. The largest absolute Gasteiger partial charge is 0.463 e. The van der Waals surface area contributed by atoms with Gasteiger partial charge in [0.1, 0.15) is 12.7 Å². The van der Waals surface area contributed by atoms with Crippen LogP contribution >= 0.6 is 0 Å². The molecule has 1 atom stereocenters. The Morgan fingerprint density at radius 2 is 2.10 bits per heavy atom. The molecule has 0 bridgehead atoms. The SMILES string of the molecule is CC(=O)OCC1OC2(CCC(N)CC2)c2ccccc21. The van der Waals surface area contributed by atoms with Crippen molar-refractivity contribution >= 4 is 5.97 Å². The molecular formula is C16H21NO3. The monoisotopic (exact) mass is 275 g/mol. The third-order valence-electron chi connectivity index (χ3n) is 4.44. The van der Waals surface area contributed by atoms with Crippen molar-refractivity contribution in [3.8, 4) is 0 Å². The van der Waals surface area contributed by atoms with Crippen LogP contribution in [0.25, 0.3) is 0 Å². The quantitative estimate of drug-likeness (QED) is 0.842. The lowest BCUT2D eigenvalue weighted by Gasteiger charge is -2.36. The summed E-state index contributed by atoms with van der Waals surface area (Å²) >= 11 is 0. The van der Waals surface area contributed by atoms with Crippen LogP contribution in [0.1, 0.15) is 49.8 Å². The van der Waals surface area contributed by atoms with Gasteiger partial charge >= 0.3 is 5.97 Å². The highest BCUT2D eigenvalue weighted by molar-refractivity contribution is 5.66. The molecule has 1 heterocycles. The normalized spacial score (nSPS) is 32.1. The van der Waals surface area contributed by atoms with Crippen LogP contribution in [0.5, 0.6) is 0 Å². The zero-order chi connectivity index (χ0) is 14.2. The molecule has 1 aromatic carbocycles. The number of ether oxygens (including phenoxy) is 2. The Labute approximate surface area is 119 Å². The van der Waals surface area contributed by atoms with Gasteiger partial charge in [-0.25, -0.2) is 0 Å². The van der Waals surface area contributed by atoms with Gasteiger partial charge in [0.15, 0.2) is 0 Å². The Hall–Kier alpha value is -1.39. The lowest BCUT2D eigenvalue weighted by Crippen LogP contribution is -2.37. The van der Waals surface area contributed by atoms with Crippen LogP contribution in [0.2, 0.25) is 0 Å². The van der Waals surface area contributed by atoms with Crippen molar-refractivity contribution in [2.75, 3.05) is 6.61 Å². The molecule has 0 radical (unpaired) electrons. The summed E-state index contributed by atoms with van der Waals surface area (Å²) in [5.41, 5.74) is 8.20. The number of hydrogen-bond donors (Lipinski definition) is 1. The van der Waals surface area contributed by atoms with E-state index in [1.165, 1.54) is 12.5 Å². The van der Waals surface area contributed by atoms with Gasteiger partial charge in [-0.05, 0) is 36.8 Å². The highest BCUT2D eigenvalue weighted by Crippen LogP contribution is 2.51. The molecule has 4 nitrogen and oxygen atoms in total. The van der Waals surface area contributed by atoms with E-state index in [9.17, 15) is 4.79 Å². The lowest BCUT2D eigenvalue weighted by molar-refractivity contribution is -0.154. The summed E-state index contributed by atoms with van der Waals surface area (Å²) in [6, 6.07) is 8.56. The molecule has 2 aliphatic rings. The van der Waals surface area contributed by atoms with Crippen molar-refractivity contribution in [2.24, 2.45) is 5.73 Å². The lowest BCUT2D eigenvalue weighted by atomic mass is 9.77. The molecule has 1 unspecified atom stereocenters. The molecule has 20 heavy (non-hydrogen) atoms. The van der Waals surface area contributed by atoms with E-state index in [0.29, 0.717) is 6.61 Å². The number of hydrogen-bond acceptors (Lipinski definition) is 4.